The standard InChI is InChI=1S/C32H34ClF2N3O2/c1-22-19-30(24(3)18-25-5-8-28(9-6-25)40-32(4,34)35)37-31(38-13-15-39-16-14-38)20-27(22)11-12-36-21-26-7-10-29(33)23(2)17-26/h5-10,17,19-21H,1,3,11-16,18H2,2,4H3. The molecule has 2 aromatic rings. The summed E-state index contributed by atoms with van der Waals surface area (Å²) in [5.41, 5.74) is 6.38. The van der Waals surface area contributed by atoms with Crippen LogP contribution in [0, 0.1) is 6.92 Å². The van der Waals surface area contributed by atoms with Gasteiger partial charge in [0.2, 0.25) is 0 Å². The van der Waals surface area contributed by atoms with Crippen molar-refractivity contribution >= 4 is 23.7 Å². The number of aryl methyl sites for hydroxylation is 1. The smallest absolute Gasteiger partial charge is 0.394 e. The molecule has 0 aromatic heterocycles. The molecule has 4 rings (SSSR count). The van der Waals surface area contributed by atoms with Gasteiger partial charge < -0.3 is 14.4 Å². The van der Waals surface area contributed by atoms with Crippen molar-refractivity contribution < 1.29 is 18.3 Å². The lowest BCUT2D eigenvalue weighted by Crippen LogP contribution is -2.40. The molecule has 40 heavy (non-hydrogen) atoms. The molecule has 0 radical (unpaired) electrons. The Morgan fingerprint density at radius 2 is 1.90 bits per heavy atom. The summed E-state index contributed by atoms with van der Waals surface area (Å²) >= 11 is 6.13. The molecule has 2 aliphatic rings. The van der Waals surface area contributed by atoms with Gasteiger partial charge >= 0.3 is 6.11 Å². The van der Waals surface area contributed by atoms with Crippen LogP contribution in [-0.2, 0) is 11.2 Å². The Morgan fingerprint density at radius 1 is 1.18 bits per heavy atom. The Hall–Kier alpha value is -3.55. The van der Waals surface area contributed by atoms with E-state index in [-0.39, 0.29) is 5.75 Å². The van der Waals surface area contributed by atoms with Crippen LogP contribution in [0.5, 0.6) is 5.75 Å². The predicted molar refractivity (Wildman–Crippen MR) is 159 cm³/mol. The Bertz CT molecular complexity index is 1370. The molecule has 2 aromatic carbocycles. The predicted octanol–water partition coefficient (Wildman–Crippen LogP) is 7.36. The van der Waals surface area contributed by atoms with Crippen molar-refractivity contribution in [3.05, 3.63) is 112 Å². The van der Waals surface area contributed by atoms with Crippen LogP contribution >= 0.6 is 11.6 Å². The number of rotatable bonds is 9. The lowest BCUT2D eigenvalue weighted by atomic mass is 9.99. The van der Waals surface area contributed by atoms with Gasteiger partial charge in [-0.3, -0.25) is 4.99 Å². The maximum Gasteiger partial charge on any atom is 0.394 e. The zero-order valence-corrected chi connectivity index (χ0v) is 23.7. The molecule has 0 N–H and O–H groups in total. The van der Waals surface area contributed by atoms with E-state index < -0.39 is 6.11 Å². The second-order valence-electron chi connectivity index (χ2n) is 9.92. The first-order chi connectivity index (χ1) is 19.1. The highest BCUT2D eigenvalue weighted by atomic mass is 35.5. The molecule has 8 heteroatoms. The molecule has 0 saturated carbocycles. The summed E-state index contributed by atoms with van der Waals surface area (Å²) in [4.78, 5) is 11.8. The highest BCUT2D eigenvalue weighted by molar-refractivity contribution is 6.31. The third-order valence-electron chi connectivity index (χ3n) is 6.53. The summed E-state index contributed by atoms with van der Waals surface area (Å²) < 4.78 is 36.5. The summed E-state index contributed by atoms with van der Waals surface area (Å²) in [5.74, 6) is 0.954. The molecule has 2 heterocycles. The molecule has 0 aliphatic carbocycles. The van der Waals surface area contributed by atoms with Crippen LogP contribution in [0.1, 0.15) is 30.0 Å². The maximum absolute atomic E-state index is 13.2. The Morgan fingerprint density at radius 3 is 2.58 bits per heavy atom. The minimum atomic E-state index is -3.23. The zero-order valence-electron chi connectivity index (χ0n) is 22.9. The topological polar surface area (TPSA) is 46.4 Å². The van der Waals surface area contributed by atoms with E-state index in [0.29, 0.717) is 39.5 Å². The minimum absolute atomic E-state index is 0.110. The molecule has 0 bridgehead atoms. The van der Waals surface area contributed by atoms with Crippen molar-refractivity contribution in [3.8, 4) is 5.75 Å². The van der Waals surface area contributed by atoms with E-state index in [1.807, 2.05) is 37.4 Å². The Balaban J connectivity index is 1.49. The van der Waals surface area contributed by atoms with Gasteiger partial charge in [-0.1, -0.05) is 43.0 Å². The monoisotopic (exact) mass is 565 g/mol. The Labute approximate surface area is 239 Å². The average molecular weight is 566 g/mol. The van der Waals surface area contributed by atoms with E-state index in [4.69, 9.17) is 21.3 Å². The molecular weight excluding hydrogens is 532 g/mol. The number of halogens is 3. The number of ether oxygens (including phenoxy) is 2. The third kappa shape index (κ3) is 8.47. The molecule has 1 saturated heterocycles. The van der Waals surface area contributed by atoms with Crippen molar-refractivity contribution in [2.24, 2.45) is 9.98 Å². The number of nitrogens with zero attached hydrogens (tertiary/aromatic N) is 3. The van der Waals surface area contributed by atoms with Gasteiger partial charge in [0.25, 0.3) is 0 Å². The summed E-state index contributed by atoms with van der Waals surface area (Å²) in [6.45, 7) is 14.7. The number of morpholine rings is 1. The number of alkyl halides is 2. The van der Waals surface area contributed by atoms with Crippen molar-refractivity contribution in [2.45, 2.75) is 32.8 Å². The molecule has 0 atom stereocenters. The van der Waals surface area contributed by atoms with E-state index in [1.54, 1.807) is 12.1 Å². The van der Waals surface area contributed by atoms with Gasteiger partial charge in [-0.05, 0) is 89.6 Å². The molecule has 0 unspecified atom stereocenters. The number of hydrogen-bond acceptors (Lipinski definition) is 5. The van der Waals surface area contributed by atoms with Crippen molar-refractivity contribution in [1.82, 2.24) is 4.90 Å². The number of allylic oxidation sites excluding steroid dienone is 3. The number of hydrogen-bond donors (Lipinski definition) is 0. The largest absolute Gasteiger partial charge is 0.433 e. The van der Waals surface area contributed by atoms with Crippen LogP contribution in [0.25, 0.3) is 0 Å². The first kappa shape index (κ1) is 29.4. The van der Waals surface area contributed by atoms with Gasteiger partial charge in [-0.25, -0.2) is 4.99 Å². The van der Waals surface area contributed by atoms with Crippen LogP contribution in [-0.4, -0.2) is 55.9 Å². The molecular formula is C32H34ClF2N3O2. The van der Waals surface area contributed by atoms with Crippen molar-refractivity contribution in [1.29, 1.82) is 0 Å². The molecule has 1 fully saturated rings. The molecule has 2 aliphatic heterocycles. The highest BCUT2D eigenvalue weighted by Crippen LogP contribution is 2.27. The van der Waals surface area contributed by atoms with E-state index in [2.05, 4.69) is 33.9 Å². The van der Waals surface area contributed by atoms with E-state index in [0.717, 1.165) is 63.1 Å². The van der Waals surface area contributed by atoms with Gasteiger partial charge in [0.1, 0.15) is 11.6 Å². The fourth-order valence-corrected chi connectivity index (χ4v) is 4.50. The van der Waals surface area contributed by atoms with Gasteiger partial charge in [-0.2, -0.15) is 8.78 Å². The summed E-state index contributed by atoms with van der Waals surface area (Å²) in [6.07, 6.45) is 3.88. The van der Waals surface area contributed by atoms with Gasteiger partial charge in [0.15, 0.2) is 0 Å². The van der Waals surface area contributed by atoms with E-state index >= 15 is 0 Å². The van der Waals surface area contributed by atoms with Gasteiger partial charge in [0, 0.05) is 37.8 Å². The molecule has 210 valence electrons. The lowest BCUT2D eigenvalue weighted by Gasteiger charge is -2.29. The van der Waals surface area contributed by atoms with Crippen LogP contribution in [0.3, 0.4) is 0 Å². The van der Waals surface area contributed by atoms with Crippen LogP contribution in [0.15, 0.2) is 100 Å². The number of amidine groups is 1. The summed E-state index contributed by atoms with van der Waals surface area (Å²) in [5, 5.41) is 0.739. The first-order valence-electron chi connectivity index (χ1n) is 13.2. The molecule has 0 amide bonds. The van der Waals surface area contributed by atoms with E-state index in [9.17, 15) is 8.78 Å². The van der Waals surface area contributed by atoms with Crippen LogP contribution in [0.4, 0.5) is 8.78 Å². The highest BCUT2D eigenvalue weighted by Gasteiger charge is 2.23. The van der Waals surface area contributed by atoms with Crippen LogP contribution in [0.2, 0.25) is 5.02 Å². The summed E-state index contributed by atoms with van der Waals surface area (Å²) in [7, 11) is 0. The Kier molecular flexibility index (Phi) is 9.71. The van der Waals surface area contributed by atoms with Gasteiger partial charge in [-0.15, -0.1) is 0 Å². The maximum atomic E-state index is 13.2. The zero-order chi connectivity index (χ0) is 28.7. The third-order valence-corrected chi connectivity index (χ3v) is 6.95. The van der Waals surface area contributed by atoms with Crippen LogP contribution < -0.4 is 4.74 Å². The van der Waals surface area contributed by atoms with E-state index in [1.165, 1.54) is 12.1 Å². The van der Waals surface area contributed by atoms with Gasteiger partial charge in [0.05, 0.1) is 18.9 Å². The fraction of sp³-hybridized carbons (Fsp3) is 0.312. The SMILES string of the molecule is C=C1C=C(C(=C)Cc2ccc(OC(C)(F)F)cc2)N=C(N2CCOCC2)C=C1CCN=Cc1ccc(Cl)c(C)c1. The second kappa shape index (κ2) is 13.2. The molecule has 0 spiro atoms. The first-order valence-corrected chi connectivity index (χ1v) is 13.6. The lowest BCUT2D eigenvalue weighted by molar-refractivity contribution is -0.158. The average Bonchev–Trinajstić information content (AvgIpc) is 3.08. The fourth-order valence-electron chi connectivity index (χ4n) is 4.38. The minimum Gasteiger partial charge on any atom is -0.433 e. The number of benzene rings is 2. The quantitative estimate of drug-likeness (QED) is 0.298. The van der Waals surface area contributed by atoms with Crippen molar-refractivity contribution in [3.63, 3.8) is 0 Å². The number of aliphatic imine (C=N–C) groups is 2. The normalized spacial score (nSPS) is 16.4. The molecule has 5 nitrogen and oxygen atoms in total. The van der Waals surface area contributed by atoms with Crippen molar-refractivity contribution in [2.75, 3.05) is 32.8 Å². The summed E-state index contributed by atoms with van der Waals surface area (Å²) in [6, 6.07) is 12.4. The second-order valence-corrected chi connectivity index (χ2v) is 10.3.